The van der Waals surface area contributed by atoms with E-state index in [1.807, 2.05) is 36.4 Å². The second-order valence-corrected chi connectivity index (χ2v) is 9.62. The van der Waals surface area contributed by atoms with Crippen LogP contribution in [0.1, 0.15) is 52.7 Å². The summed E-state index contributed by atoms with van der Waals surface area (Å²) in [6, 6.07) is 13.1. The molecule has 2 aromatic rings. The lowest BCUT2D eigenvalue weighted by atomic mass is 9.87. The Balaban J connectivity index is 2.21. The summed E-state index contributed by atoms with van der Waals surface area (Å²) in [5, 5.41) is 0. The average Bonchev–Trinajstić information content (AvgIpc) is 2.54. The highest BCUT2D eigenvalue weighted by Crippen LogP contribution is 2.45. The van der Waals surface area contributed by atoms with Crippen molar-refractivity contribution in [3.63, 3.8) is 0 Å². The van der Waals surface area contributed by atoms with E-state index in [1.165, 1.54) is 0 Å². The third-order valence-electron chi connectivity index (χ3n) is 3.94. The van der Waals surface area contributed by atoms with Crippen LogP contribution in [0.15, 0.2) is 47.4 Å². The molecular weight excluding hydrogens is 370 g/mol. The fourth-order valence-electron chi connectivity index (χ4n) is 2.29. The number of halogens is 1. The molecule has 0 aliphatic heterocycles. The van der Waals surface area contributed by atoms with E-state index in [0.29, 0.717) is 16.4 Å². The Morgan fingerprint density at radius 2 is 1.46 bits per heavy atom. The number of benzene rings is 2. The second kappa shape index (κ2) is 8.16. The zero-order chi connectivity index (χ0) is 19.5. The summed E-state index contributed by atoms with van der Waals surface area (Å²) in [5.74, 6) is 0.922. The molecule has 0 heterocycles. The fourth-order valence-corrected chi connectivity index (χ4v) is 3.23. The van der Waals surface area contributed by atoms with Gasteiger partial charge in [-0.25, -0.2) is 0 Å². The maximum absolute atomic E-state index is 13.1. The Bertz CT molecular complexity index is 753. The van der Waals surface area contributed by atoms with E-state index in [9.17, 15) is 4.53 Å². The molecule has 0 saturated carbocycles. The van der Waals surface area contributed by atoms with Crippen LogP contribution in [-0.4, -0.2) is 0 Å². The van der Waals surface area contributed by atoms with Crippen molar-refractivity contribution in [1.29, 1.82) is 0 Å². The highest BCUT2D eigenvalue weighted by Gasteiger charge is 2.23. The van der Waals surface area contributed by atoms with Crippen LogP contribution in [0.5, 0.6) is 11.5 Å². The first-order chi connectivity index (χ1) is 12.0. The van der Waals surface area contributed by atoms with Crippen LogP contribution in [0, 0.1) is 0 Å². The van der Waals surface area contributed by atoms with Crippen molar-refractivity contribution in [2.24, 2.45) is 0 Å². The van der Waals surface area contributed by atoms with Gasteiger partial charge in [-0.3, -0.25) is 0 Å². The maximum atomic E-state index is 13.1. The SMILES string of the molecule is CC(C)(C)c1cccc(OP(OF)Oc2cc(C(C)(C)C)ccc2S)c1. The molecule has 0 aliphatic carbocycles. The molecule has 0 aliphatic rings. The van der Waals surface area contributed by atoms with E-state index in [4.69, 9.17) is 9.05 Å². The third-order valence-corrected chi connectivity index (χ3v) is 5.12. The molecule has 0 spiro atoms. The van der Waals surface area contributed by atoms with Gasteiger partial charge < -0.3 is 9.05 Å². The first-order valence-electron chi connectivity index (χ1n) is 8.39. The van der Waals surface area contributed by atoms with Gasteiger partial charge in [0.2, 0.25) is 0 Å². The molecule has 0 amide bonds. The Morgan fingerprint density at radius 1 is 0.846 bits per heavy atom. The predicted octanol–water partition coefficient (Wildman–Crippen LogP) is 7.16. The van der Waals surface area contributed by atoms with E-state index in [0.717, 1.165) is 11.1 Å². The smallest absolute Gasteiger partial charge is 0.416 e. The number of hydrogen-bond acceptors (Lipinski definition) is 4. The number of rotatable bonds is 5. The minimum atomic E-state index is -2.24. The van der Waals surface area contributed by atoms with Crippen molar-refractivity contribution < 1.29 is 18.3 Å². The van der Waals surface area contributed by atoms with Gasteiger partial charge in [0, 0.05) is 4.90 Å². The lowest BCUT2D eigenvalue weighted by Gasteiger charge is -2.22. The van der Waals surface area contributed by atoms with Crippen molar-refractivity contribution in [3.05, 3.63) is 53.6 Å². The van der Waals surface area contributed by atoms with Crippen molar-refractivity contribution in [2.75, 3.05) is 0 Å². The summed E-state index contributed by atoms with van der Waals surface area (Å²) in [6.45, 7) is 12.6. The van der Waals surface area contributed by atoms with E-state index < -0.39 is 8.60 Å². The minimum Gasteiger partial charge on any atom is -0.416 e. The molecule has 0 aromatic heterocycles. The molecule has 142 valence electrons. The molecule has 6 heteroatoms. The summed E-state index contributed by atoms with van der Waals surface area (Å²) >= 11 is 4.39. The van der Waals surface area contributed by atoms with Gasteiger partial charge in [0.05, 0.1) is 0 Å². The summed E-state index contributed by atoms with van der Waals surface area (Å²) in [7, 11) is -2.24. The van der Waals surface area contributed by atoms with Gasteiger partial charge in [-0.2, -0.15) is 0 Å². The van der Waals surface area contributed by atoms with Crippen molar-refractivity contribution in [3.8, 4) is 11.5 Å². The highest BCUT2D eigenvalue weighted by molar-refractivity contribution is 7.80. The fraction of sp³-hybridized carbons (Fsp3) is 0.400. The van der Waals surface area contributed by atoms with Crippen LogP contribution >= 0.6 is 21.2 Å². The summed E-state index contributed by atoms with van der Waals surface area (Å²) in [5.41, 5.74) is 2.02. The van der Waals surface area contributed by atoms with Crippen LogP contribution in [0.3, 0.4) is 0 Å². The molecular formula is C20H26FO3PS. The molecule has 1 atom stereocenters. The number of hydrogen-bond donors (Lipinski definition) is 1. The quantitative estimate of drug-likeness (QED) is 0.429. The standard InChI is InChI=1S/C20H26FO3PS/c1-19(2,3)14-8-7-9-16(12-14)22-25(24-21)23-17-13-15(20(4,5)6)10-11-18(17)26/h7-13,26H,1-6H3. The van der Waals surface area contributed by atoms with Crippen LogP contribution < -0.4 is 9.05 Å². The van der Waals surface area contributed by atoms with Crippen LogP contribution in [0.25, 0.3) is 0 Å². The van der Waals surface area contributed by atoms with E-state index in [2.05, 4.69) is 58.9 Å². The lowest BCUT2D eigenvalue weighted by Crippen LogP contribution is -2.11. The monoisotopic (exact) mass is 396 g/mol. The molecule has 2 aromatic carbocycles. The summed E-state index contributed by atoms with van der Waals surface area (Å²) in [4.78, 5) is 0.592. The first-order valence-corrected chi connectivity index (χ1v) is 9.94. The first kappa shape index (κ1) is 21.0. The van der Waals surface area contributed by atoms with E-state index >= 15 is 0 Å². The maximum Gasteiger partial charge on any atom is 0.497 e. The highest BCUT2D eigenvalue weighted by atomic mass is 32.1. The zero-order valence-electron chi connectivity index (χ0n) is 16.0. The van der Waals surface area contributed by atoms with Gasteiger partial charge in [0.1, 0.15) is 11.5 Å². The van der Waals surface area contributed by atoms with Gasteiger partial charge >= 0.3 is 8.60 Å². The average molecular weight is 396 g/mol. The molecule has 2 rings (SSSR count). The summed E-state index contributed by atoms with van der Waals surface area (Å²) in [6.07, 6.45) is 0. The molecule has 0 N–H and O–H groups in total. The third kappa shape index (κ3) is 5.60. The normalized spacial score (nSPS) is 13.4. The Labute approximate surface area is 162 Å². The molecule has 3 nitrogen and oxygen atoms in total. The Hall–Kier alpha value is -1.29. The van der Waals surface area contributed by atoms with Gasteiger partial charge in [-0.1, -0.05) is 64.5 Å². The van der Waals surface area contributed by atoms with Gasteiger partial charge in [-0.05, 0) is 50.7 Å². The predicted molar refractivity (Wildman–Crippen MR) is 108 cm³/mol. The molecule has 0 bridgehead atoms. The van der Waals surface area contributed by atoms with Crippen LogP contribution in [0.2, 0.25) is 0 Å². The van der Waals surface area contributed by atoms with Crippen LogP contribution in [0.4, 0.5) is 4.53 Å². The molecule has 1 unspecified atom stereocenters. The second-order valence-electron chi connectivity index (χ2n) is 8.19. The van der Waals surface area contributed by atoms with Crippen molar-refractivity contribution in [1.82, 2.24) is 0 Å². The molecule has 0 radical (unpaired) electrons. The van der Waals surface area contributed by atoms with Crippen molar-refractivity contribution >= 4 is 21.2 Å². The minimum absolute atomic E-state index is 0.0428. The molecule has 0 fully saturated rings. The molecule has 0 saturated heterocycles. The zero-order valence-corrected chi connectivity index (χ0v) is 17.8. The largest absolute Gasteiger partial charge is 0.497 e. The molecule has 26 heavy (non-hydrogen) atoms. The summed E-state index contributed by atoms with van der Waals surface area (Å²) < 4.78 is 28.3. The van der Waals surface area contributed by atoms with Gasteiger partial charge in [0.15, 0.2) is 0 Å². The van der Waals surface area contributed by atoms with Gasteiger partial charge in [0.25, 0.3) is 0 Å². The van der Waals surface area contributed by atoms with Crippen molar-refractivity contribution in [2.45, 2.75) is 57.3 Å². The Kier molecular flexibility index (Phi) is 6.60. The number of thiol groups is 1. The topological polar surface area (TPSA) is 27.7 Å². The Morgan fingerprint density at radius 3 is 2.04 bits per heavy atom. The van der Waals surface area contributed by atoms with Gasteiger partial charge in [-0.15, -0.1) is 12.6 Å². The lowest BCUT2D eigenvalue weighted by molar-refractivity contribution is -0.0159. The van der Waals surface area contributed by atoms with E-state index in [1.54, 1.807) is 6.07 Å². The van der Waals surface area contributed by atoms with Crippen LogP contribution in [-0.2, 0) is 15.6 Å². The van der Waals surface area contributed by atoms with E-state index in [-0.39, 0.29) is 10.8 Å².